The van der Waals surface area contributed by atoms with Crippen LogP contribution in [-0.2, 0) is 38.7 Å². The molecule has 0 spiro atoms. The number of carboxylic acid groups (broad SMARTS) is 1. The number of rotatable bonds is 10. The zero-order chi connectivity index (χ0) is 38.9. The number of benzene rings is 5. The highest BCUT2D eigenvalue weighted by atomic mass is 16.4. The van der Waals surface area contributed by atoms with Gasteiger partial charge in [0, 0.05) is 19.2 Å². The van der Waals surface area contributed by atoms with Gasteiger partial charge in [0.2, 0.25) is 5.91 Å². The molecular formula is C44H52N2O6. The van der Waals surface area contributed by atoms with E-state index in [1.165, 1.54) is 27.8 Å². The number of aryl methyl sites for hydroxylation is 1. The molecule has 5 aromatic rings. The number of carbonyl (C=O) groups excluding carboxylic acids is 3. The van der Waals surface area contributed by atoms with Crippen LogP contribution in [0, 0.1) is 12.8 Å². The number of anilines is 1. The van der Waals surface area contributed by atoms with Crippen molar-refractivity contribution in [3.63, 3.8) is 0 Å². The zero-order valence-electron chi connectivity index (χ0n) is 30.9. The predicted molar refractivity (Wildman–Crippen MR) is 211 cm³/mol. The first kappa shape index (κ1) is 44.2. The average Bonchev–Trinajstić information content (AvgIpc) is 3.14. The lowest BCUT2D eigenvalue weighted by molar-refractivity contribution is -0.134. The highest BCUT2D eigenvalue weighted by Crippen LogP contribution is 2.22. The van der Waals surface area contributed by atoms with E-state index in [9.17, 15) is 9.90 Å². The Labute approximate surface area is 309 Å². The molecule has 0 bridgehead atoms. The molecular weight excluding hydrogens is 652 g/mol. The summed E-state index contributed by atoms with van der Waals surface area (Å²) in [6, 6.07) is 44.5. The van der Waals surface area contributed by atoms with Crippen molar-refractivity contribution in [2.75, 3.05) is 18.5 Å². The lowest BCUT2D eigenvalue weighted by Crippen LogP contribution is -2.38. The Balaban J connectivity index is 0.000000529. The minimum absolute atomic E-state index is 0.0235. The Hall–Kier alpha value is -5.86. The van der Waals surface area contributed by atoms with Gasteiger partial charge in [-0.2, -0.15) is 0 Å². The average molecular weight is 705 g/mol. The first-order valence-corrected chi connectivity index (χ1v) is 16.8. The predicted octanol–water partition coefficient (Wildman–Crippen LogP) is 8.64. The molecule has 274 valence electrons. The second kappa shape index (κ2) is 25.1. The number of aliphatic carboxylic acids is 1. The molecule has 0 saturated carbocycles. The Bertz CT molecular complexity index is 1690. The summed E-state index contributed by atoms with van der Waals surface area (Å²) >= 11 is 0. The second-order valence-electron chi connectivity index (χ2n) is 12.3. The van der Waals surface area contributed by atoms with E-state index in [1.54, 1.807) is 29.2 Å². The molecule has 1 amide bonds. The van der Waals surface area contributed by atoms with Crippen LogP contribution < -0.4 is 4.90 Å². The van der Waals surface area contributed by atoms with Gasteiger partial charge in [0.05, 0.1) is 13.1 Å². The molecule has 0 aliphatic carbocycles. The Morgan fingerprint density at radius 1 is 0.635 bits per heavy atom. The molecule has 0 saturated heterocycles. The third kappa shape index (κ3) is 17.7. The van der Waals surface area contributed by atoms with Gasteiger partial charge in [-0.05, 0) is 78.4 Å². The van der Waals surface area contributed by atoms with Crippen molar-refractivity contribution in [2.45, 2.75) is 47.2 Å². The normalized spacial score (nSPS) is 9.75. The number of phenolic OH excluding ortho intramolecular Hbond substituents is 1. The summed E-state index contributed by atoms with van der Waals surface area (Å²) in [6.45, 7) is 13.1. The van der Waals surface area contributed by atoms with Crippen LogP contribution in [-0.4, -0.2) is 54.2 Å². The Morgan fingerprint density at radius 3 is 1.58 bits per heavy atom. The minimum atomic E-state index is -0.833. The molecule has 0 aliphatic heterocycles. The summed E-state index contributed by atoms with van der Waals surface area (Å²) < 4.78 is 0. The lowest BCUT2D eigenvalue weighted by Gasteiger charge is -2.26. The molecule has 2 N–H and O–H groups in total. The van der Waals surface area contributed by atoms with Gasteiger partial charge < -0.3 is 24.7 Å². The molecule has 5 aromatic carbocycles. The van der Waals surface area contributed by atoms with Crippen molar-refractivity contribution in [1.82, 2.24) is 4.90 Å². The number of hydrogen-bond acceptors (Lipinski definition) is 6. The maximum atomic E-state index is 13.3. The molecule has 0 aliphatic rings. The van der Waals surface area contributed by atoms with Crippen LogP contribution in [0.2, 0.25) is 0 Å². The fourth-order valence-electron chi connectivity index (χ4n) is 5.03. The van der Waals surface area contributed by atoms with Gasteiger partial charge in [0.25, 0.3) is 5.97 Å². The van der Waals surface area contributed by atoms with Crippen molar-refractivity contribution in [3.05, 3.63) is 156 Å². The van der Waals surface area contributed by atoms with Crippen molar-refractivity contribution in [1.29, 1.82) is 0 Å². The minimum Gasteiger partial charge on any atom is -0.508 e. The standard InChI is InChI=1S/C27H32N2O2.C13H12.C2H4O2.2CH2O/c1-21(2)17-22-9-11-24(12-10-22)19-29(25-13-15-26(30)16-14-25)27(31)20-28(3)18-23-7-5-4-6-8-23;1-11-7-9-13(10-8-11)12-5-3-2-4-6-12;1-2(3)4;2*1-2/h4-16,21,30H,17-20H2,1-3H3;2-10H,1H3;1H3,(H,3,4);2*1H2. The number of nitrogens with zero attached hydrogens (tertiary/aromatic N) is 2. The molecule has 5 rings (SSSR count). The maximum absolute atomic E-state index is 13.3. The number of amides is 1. The molecule has 0 fully saturated rings. The number of carbonyl (C=O) groups is 4. The molecule has 0 radical (unpaired) electrons. The summed E-state index contributed by atoms with van der Waals surface area (Å²) in [5.74, 6) is -0.00756. The van der Waals surface area contributed by atoms with Gasteiger partial charge in [0.1, 0.15) is 19.3 Å². The molecule has 0 unspecified atom stereocenters. The quantitative estimate of drug-likeness (QED) is 0.150. The number of phenols is 1. The van der Waals surface area contributed by atoms with Gasteiger partial charge in [-0.15, -0.1) is 0 Å². The monoisotopic (exact) mass is 704 g/mol. The van der Waals surface area contributed by atoms with Crippen LogP contribution in [0.1, 0.15) is 43.0 Å². The highest BCUT2D eigenvalue weighted by molar-refractivity contribution is 5.94. The zero-order valence-corrected chi connectivity index (χ0v) is 30.9. The van der Waals surface area contributed by atoms with E-state index in [2.05, 4.69) is 106 Å². The first-order valence-electron chi connectivity index (χ1n) is 16.8. The summed E-state index contributed by atoms with van der Waals surface area (Å²) in [5, 5.41) is 17.1. The third-order valence-corrected chi connectivity index (χ3v) is 7.33. The SMILES string of the molecule is C=O.C=O.CC(=O)O.CC(C)Cc1ccc(CN(C(=O)CN(C)Cc2ccccc2)c2ccc(O)cc2)cc1.Cc1ccc(-c2ccccc2)cc1. The van der Waals surface area contributed by atoms with Crippen LogP contribution >= 0.6 is 0 Å². The molecule has 0 aromatic heterocycles. The summed E-state index contributed by atoms with van der Waals surface area (Å²) in [5.41, 5.74) is 8.22. The van der Waals surface area contributed by atoms with E-state index in [-0.39, 0.29) is 11.7 Å². The van der Waals surface area contributed by atoms with E-state index in [1.807, 2.05) is 49.8 Å². The summed E-state index contributed by atoms with van der Waals surface area (Å²) in [6.07, 6.45) is 1.05. The second-order valence-corrected chi connectivity index (χ2v) is 12.3. The maximum Gasteiger partial charge on any atom is 0.300 e. The molecule has 8 nitrogen and oxygen atoms in total. The number of carboxylic acids is 1. The van der Waals surface area contributed by atoms with E-state index in [4.69, 9.17) is 19.5 Å². The van der Waals surface area contributed by atoms with Crippen molar-refractivity contribution < 1.29 is 29.4 Å². The molecule has 0 atom stereocenters. The molecule has 52 heavy (non-hydrogen) atoms. The van der Waals surface area contributed by atoms with Crippen LogP contribution in [0.3, 0.4) is 0 Å². The molecule has 8 heteroatoms. The van der Waals surface area contributed by atoms with E-state index in [0.29, 0.717) is 25.6 Å². The number of aromatic hydroxyl groups is 1. The van der Waals surface area contributed by atoms with Gasteiger partial charge in [0.15, 0.2) is 0 Å². The highest BCUT2D eigenvalue weighted by Gasteiger charge is 2.18. The van der Waals surface area contributed by atoms with Crippen LogP contribution in [0.5, 0.6) is 5.75 Å². The topological polar surface area (TPSA) is 115 Å². The Kier molecular flexibility index (Phi) is 21.4. The lowest BCUT2D eigenvalue weighted by atomic mass is 10.0. The largest absolute Gasteiger partial charge is 0.508 e. The Morgan fingerprint density at radius 2 is 1.08 bits per heavy atom. The van der Waals surface area contributed by atoms with Gasteiger partial charge in [-0.1, -0.05) is 129 Å². The van der Waals surface area contributed by atoms with Gasteiger partial charge >= 0.3 is 0 Å². The van der Waals surface area contributed by atoms with Crippen molar-refractivity contribution in [3.8, 4) is 16.9 Å². The van der Waals surface area contributed by atoms with Crippen molar-refractivity contribution >= 4 is 31.1 Å². The van der Waals surface area contributed by atoms with E-state index in [0.717, 1.165) is 24.6 Å². The van der Waals surface area contributed by atoms with Crippen LogP contribution in [0.15, 0.2) is 133 Å². The third-order valence-electron chi connectivity index (χ3n) is 7.33. The number of likely N-dealkylation sites (N-methyl/N-ethyl adjacent to an activating group) is 1. The summed E-state index contributed by atoms with van der Waals surface area (Å²) in [7, 11) is 1.96. The van der Waals surface area contributed by atoms with Gasteiger partial charge in [-0.25, -0.2) is 0 Å². The molecule has 0 heterocycles. The van der Waals surface area contributed by atoms with Crippen LogP contribution in [0.4, 0.5) is 5.69 Å². The first-order chi connectivity index (χ1) is 25.0. The fraction of sp³-hybridized carbons (Fsp3) is 0.227. The fourth-order valence-corrected chi connectivity index (χ4v) is 5.03. The summed E-state index contributed by atoms with van der Waals surface area (Å²) in [4.78, 5) is 42.1. The van der Waals surface area contributed by atoms with E-state index >= 15 is 0 Å². The van der Waals surface area contributed by atoms with Crippen LogP contribution in [0.25, 0.3) is 11.1 Å². The number of hydrogen-bond donors (Lipinski definition) is 2. The van der Waals surface area contributed by atoms with Crippen molar-refractivity contribution in [2.24, 2.45) is 5.92 Å². The smallest absolute Gasteiger partial charge is 0.300 e. The van der Waals surface area contributed by atoms with Gasteiger partial charge in [-0.3, -0.25) is 14.5 Å². The van der Waals surface area contributed by atoms with E-state index < -0.39 is 5.97 Å².